The summed E-state index contributed by atoms with van der Waals surface area (Å²) in [6.07, 6.45) is 2.38. The van der Waals surface area contributed by atoms with Crippen molar-refractivity contribution in [1.82, 2.24) is 4.57 Å². The molecule has 1 heterocycles. The summed E-state index contributed by atoms with van der Waals surface area (Å²) in [7, 11) is 1.38. The number of ether oxygens (including phenoxy) is 1. The van der Waals surface area contributed by atoms with Gasteiger partial charge in [-0.15, -0.1) is 0 Å². The third-order valence-electron chi connectivity index (χ3n) is 6.00. The second-order valence-electron chi connectivity index (χ2n) is 7.63. The number of aromatic nitrogens is 1. The number of aryl methyl sites for hydroxylation is 1. The van der Waals surface area contributed by atoms with E-state index < -0.39 is 5.97 Å². The quantitative estimate of drug-likeness (QED) is 0.607. The number of fused-ring (bicyclic) bond motifs is 3. The van der Waals surface area contributed by atoms with Gasteiger partial charge in [0.15, 0.2) is 5.78 Å². The number of carbonyl (C=O) groups excluding carboxylic acids is 2. The van der Waals surface area contributed by atoms with Crippen molar-refractivity contribution in [2.24, 2.45) is 5.92 Å². The van der Waals surface area contributed by atoms with Gasteiger partial charge in [0.2, 0.25) is 0 Å². The Bertz CT molecular complexity index is 1080. The molecule has 0 amide bonds. The molecule has 1 unspecified atom stereocenters. The average molecular weight is 375 g/mol. The summed E-state index contributed by atoms with van der Waals surface area (Å²) in [5, 5.41) is 0.748. The highest BCUT2D eigenvalue weighted by Crippen LogP contribution is 2.37. The molecule has 4 rings (SSSR count). The molecule has 0 radical (unpaired) electrons. The second-order valence-corrected chi connectivity index (χ2v) is 7.63. The lowest BCUT2D eigenvalue weighted by molar-refractivity contribution is 0.0603. The van der Waals surface area contributed by atoms with Crippen molar-refractivity contribution in [3.8, 4) is 0 Å². The van der Waals surface area contributed by atoms with Gasteiger partial charge in [0.25, 0.3) is 0 Å². The van der Waals surface area contributed by atoms with Gasteiger partial charge in [0.05, 0.1) is 18.2 Å². The van der Waals surface area contributed by atoms with E-state index in [9.17, 15) is 9.59 Å². The number of methoxy groups -OCH3 is 1. The summed E-state index contributed by atoms with van der Waals surface area (Å²) in [5.74, 6) is 0.0892. The molecule has 28 heavy (non-hydrogen) atoms. The highest BCUT2D eigenvalue weighted by Gasteiger charge is 2.32. The van der Waals surface area contributed by atoms with Crippen LogP contribution in [-0.4, -0.2) is 23.4 Å². The van der Waals surface area contributed by atoms with Gasteiger partial charge in [-0.25, -0.2) is 4.79 Å². The topological polar surface area (TPSA) is 48.3 Å². The maximum atomic E-state index is 13.1. The number of hydrogen-bond acceptors (Lipinski definition) is 3. The molecule has 4 heteroatoms. The Kier molecular flexibility index (Phi) is 4.80. The molecule has 1 atom stereocenters. The summed E-state index contributed by atoms with van der Waals surface area (Å²) in [6.45, 7) is 4.93. The largest absolute Gasteiger partial charge is 0.465 e. The van der Waals surface area contributed by atoms with E-state index in [4.69, 9.17) is 4.74 Å². The van der Waals surface area contributed by atoms with Gasteiger partial charge >= 0.3 is 5.97 Å². The van der Waals surface area contributed by atoms with Crippen molar-refractivity contribution in [2.75, 3.05) is 7.11 Å². The van der Waals surface area contributed by atoms with Crippen LogP contribution in [0, 0.1) is 12.8 Å². The van der Waals surface area contributed by atoms with Crippen LogP contribution in [0.3, 0.4) is 0 Å². The predicted molar refractivity (Wildman–Crippen MR) is 110 cm³/mol. The summed E-state index contributed by atoms with van der Waals surface area (Å²) >= 11 is 0. The van der Waals surface area contributed by atoms with Gasteiger partial charge < -0.3 is 9.30 Å². The molecule has 1 aliphatic carbocycles. The minimum absolute atomic E-state index is 0.137. The Morgan fingerprint density at radius 1 is 1.14 bits per heavy atom. The first-order valence-corrected chi connectivity index (χ1v) is 9.85. The zero-order valence-corrected chi connectivity index (χ0v) is 16.6. The molecule has 0 bridgehead atoms. The number of rotatable bonds is 4. The Hall–Kier alpha value is -2.88. The fourth-order valence-electron chi connectivity index (χ4n) is 4.38. The van der Waals surface area contributed by atoms with Crippen LogP contribution in [-0.2, 0) is 17.7 Å². The first kappa shape index (κ1) is 18.5. The molecule has 0 saturated heterocycles. The summed E-state index contributed by atoms with van der Waals surface area (Å²) < 4.78 is 7.24. The fraction of sp³-hybridized carbons (Fsp3) is 0.333. The molecule has 0 saturated carbocycles. The van der Waals surface area contributed by atoms with Gasteiger partial charge in [-0.2, -0.15) is 0 Å². The standard InChI is InChI=1S/C24H25NO3/c1-4-16-12-20-23(21(26)13-16)22-18(24(27)28-3)10-7-11-19(22)25(20)14-17-9-6-5-8-15(17)2/h5-11,16H,4,12-14H2,1-3H3. The van der Waals surface area contributed by atoms with Gasteiger partial charge in [0.1, 0.15) is 0 Å². The van der Waals surface area contributed by atoms with Crippen molar-refractivity contribution in [1.29, 1.82) is 0 Å². The van der Waals surface area contributed by atoms with E-state index in [2.05, 4.69) is 30.5 Å². The van der Waals surface area contributed by atoms with Crippen LogP contribution in [0.25, 0.3) is 10.9 Å². The van der Waals surface area contributed by atoms with Crippen molar-refractivity contribution in [3.63, 3.8) is 0 Å². The molecular formula is C24H25NO3. The molecule has 144 valence electrons. The Morgan fingerprint density at radius 2 is 1.93 bits per heavy atom. The van der Waals surface area contributed by atoms with Crippen molar-refractivity contribution < 1.29 is 14.3 Å². The predicted octanol–water partition coefficient (Wildman–Crippen LogP) is 4.94. The van der Waals surface area contributed by atoms with Crippen molar-refractivity contribution in [3.05, 3.63) is 70.4 Å². The molecule has 4 nitrogen and oxygen atoms in total. The number of benzene rings is 2. The van der Waals surface area contributed by atoms with Crippen LogP contribution in [0.15, 0.2) is 42.5 Å². The highest BCUT2D eigenvalue weighted by molar-refractivity contribution is 6.16. The molecule has 0 fully saturated rings. The van der Waals surface area contributed by atoms with E-state index in [-0.39, 0.29) is 5.78 Å². The number of nitrogens with zero attached hydrogens (tertiary/aromatic N) is 1. The molecule has 0 spiro atoms. The smallest absolute Gasteiger partial charge is 0.338 e. The Morgan fingerprint density at radius 3 is 2.64 bits per heavy atom. The first-order chi connectivity index (χ1) is 13.5. The third kappa shape index (κ3) is 2.93. The third-order valence-corrected chi connectivity index (χ3v) is 6.00. The highest BCUT2D eigenvalue weighted by atomic mass is 16.5. The van der Waals surface area contributed by atoms with Crippen molar-refractivity contribution >= 4 is 22.7 Å². The average Bonchev–Trinajstić information content (AvgIpc) is 3.03. The second kappa shape index (κ2) is 7.27. The van der Waals surface area contributed by atoms with Crippen LogP contribution >= 0.6 is 0 Å². The van der Waals surface area contributed by atoms with Gasteiger partial charge in [-0.3, -0.25) is 4.79 Å². The number of hydrogen-bond donors (Lipinski definition) is 0. The normalized spacial score (nSPS) is 16.2. The van der Waals surface area contributed by atoms with Gasteiger partial charge in [-0.1, -0.05) is 43.7 Å². The lowest BCUT2D eigenvalue weighted by atomic mass is 9.83. The monoisotopic (exact) mass is 375 g/mol. The molecule has 1 aromatic heterocycles. The van der Waals surface area contributed by atoms with Crippen LogP contribution in [0.1, 0.15) is 57.3 Å². The van der Waals surface area contributed by atoms with E-state index in [1.807, 2.05) is 24.3 Å². The SMILES string of the molecule is CCC1CC(=O)c2c(n(Cc3ccccc3C)c3cccc(C(=O)OC)c23)C1. The fourth-order valence-corrected chi connectivity index (χ4v) is 4.38. The molecular weight excluding hydrogens is 350 g/mol. The van der Waals surface area contributed by atoms with Crippen LogP contribution < -0.4 is 0 Å². The van der Waals surface area contributed by atoms with E-state index >= 15 is 0 Å². The zero-order chi connectivity index (χ0) is 19.8. The molecule has 3 aromatic rings. The van der Waals surface area contributed by atoms with E-state index in [1.165, 1.54) is 18.2 Å². The number of ketones is 1. The minimum atomic E-state index is -0.396. The number of Topliss-reactive ketones (excluding diaryl/α,β-unsaturated/α-hetero) is 1. The molecule has 0 N–H and O–H groups in total. The number of carbonyl (C=O) groups is 2. The van der Waals surface area contributed by atoms with Crippen molar-refractivity contribution in [2.45, 2.75) is 39.7 Å². The van der Waals surface area contributed by atoms with Crippen LogP contribution in [0.2, 0.25) is 0 Å². The van der Waals surface area contributed by atoms with E-state index in [1.54, 1.807) is 6.07 Å². The van der Waals surface area contributed by atoms with Crippen LogP contribution in [0.4, 0.5) is 0 Å². The van der Waals surface area contributed by atoms with E-state index in [0.29, 0.717) is 30.0 Å². The van der Waals surface area contributed by atoms with Gasteiger partial charge in [0, 0.05) is 29.6 Å². The summed E-state index contributed by atoms with van der Waals surface area (Å²) in [6, 6.07) is 13.9. The molecule has 1 aliphatic rings. The first-order valence-electron chi connectivity index (χ1n) is 9.85. The Labute approximate surface area is 165 Å². The summed E-state index contributed by atoms with van der Waals surface area (Å²) in [5.41, 5.74) is 5.62. The molecule has 2 aromatic carbocycles. The maximum absolute atomic E-state index is 13.1. The van der Waals surface area contributed by atoms with Gasteiger partial charge in [-0.05, 0) is 42.5 Å². The number of esters is 1. The Balaban J connectivity index is 2.00. The minimum Gasteiger partial charge on any atom is -0.465 e. The van der Waals surface area contributed by atoms with Crippen LogP contribution in [0.5, 0.6) is 0 Å². The maximum Gasteiger partial charge on any atom is 0.338 e. The molecule has 0 aliphatic heterocycles. The summed E-state index contributed by atoms with van der Waals surface area (Å²) in [4.78, 5) is 25.5. The van der Waals surface area contributed by atoms with E-state index in [0.717, 1.165) is 29.4 Å². The zero-order valence-electron chi connectivity index (χ0n) is 16.6. The lowest BCUT2D eigenvalue weighted by Gasteiger charge is -2.23. The lowest BCUT2D eigenvalue weighted by Crippen LogP contribution is -2.21.